The number of furan rings is 1. The summed E-state index contributed by atoms with van der Waals surface area (Å²) in [7, 11) is 0. The van der Waals surface area contributed by atoms with Gasteiger partial charge in [0.15, 0.2) is 0 Å². The number of hydrogen-bond donors (Lipinski definition) is 1. The van der Waals surface area contributed by atoms with Crippen LogP contribution in [0.4, 0.5) is 10.5 Å². The highest BCUT2D eigenvalue weighted by Gasteiger charge is 2.55. The Balaban J connectivity index is 1.51. The number of carbonyl (C=O) groups is 1. The third-order valence-corrected chi connectivity index (χ3v) is 6.56. The van der Waals surface area contributed by atoms with Crippen LogP contribution in [-0.2, 0) is 9.47 Å². The number of allylic oxidation sites excluding steroid dienone is 1. The number of carbonyl (C=O) groups excluding carboxylic acids is 1. The molecule has 1 saturated heterocycles. The second-order valence-electron chi connectivity index (χ2n) is 8.06. The Morgan fingerprint density at radius 2 is 2.00 bits per heavy atom. The molecule has 2 aliphatic rings. The van der Waals surface area contributed by atoms with Gasteiger partial charge in [-0.15, -0.1) is 0 Å². The predicted molar refractivity (Wildman–Crippen MR) is 107 cm³/mol. The molecule has 1 amide bonds. The van der Waals surface area contributed by atoms with Crippen molar-refractivity contribution in [3.05, 3.63) is 66.1 Å². The lowest BCUT2D eigenvalue weighted by Crippen LogP contribution is -2.54. The first-order valence-electron chi connectivity index (χ1n) is 9.83. The van der Waals surface area contributed by atoms with Crippen molar-refractivity contribution in [2.24, 2.45) is 23.2 Å². The normalized spacial score (nSPS) is 31.8. The van der Waals surface area contributed by atoms with Crippen LogP contribution in [0, 0.1) is 23.2 Å². The number of fused-ring (bicyclic) bond motifs is 2. The minimum Gasteiger partial charge on any atom is -0.467 e. The van der Waals surface area contributed by atoms with Crippen LogP contribution in [0.3, 0.4) is 0 Å². The fraction of sp³-hybridized carbons (Fsp3) is 0.435. The first kappa shape index (κ1) is 18.8. The Morgan fingerprint density at radius 1 is 1.21 bits per heavy atom. The zero-order chi connectivity index (χ0) is 19.7. The number of hydrogen-bond acceptors (Lipinski definition) is 4. The molecular formula is C23H27NO4. The van der Waals surface area contributed by atoms with Crippen LogP contribution in [0.25, 0.3) is 0 Å². The van der Waals surface area contributed by atoms with Crippen molar-refractivity contribution in [1.82, 2.24) is 0 Å². The standard InChI is InChI=1S/C23H27NO4/c1-15-12-16(2)23(14-28-22(25)24-18-8-5-4-6-9-18)13-27-21(20(15)17(23)3)19-10-7-11-26-19/h4-12,16-17,20-21H,13-14H2,1-3H3,(H,24,25)/t16-,17+,20-,21+,23+/m0/s1. The summed E-state index contributed by atoms with van der Waals surface area (Å²) in [5.41, 5.74) is 1.79. The van der Waals surface area contributed by atoms with Gasteiger partial charge in [0.25, 0.3) is 0 Å². The maximum atomic E-state index is 12.3. The molecular weight excluding hydrogens is 354 g/mol. The summed E-state index contributed by atoms with van der Waals surface area (Å²) in [6.45, 7) is 7.44. The maximum Gasteiger partial charge on any atom is 0.411 e. The van der Waals surface area contributed by atoms with Gasteiger partial charge < -0.3 is 13.9 Å². The Labute approximate surface area is 165 Å². The Morgan fingerprint density at radius 3 is 2.71 bits per heavy atom. The summed E-state index contributed by atoms with van der Waals surface area (Å²) < 4.78 is 17.6. The number of anilines is 1. The van der Waals surface area contributed by atoms with E-state index < -0.39 is 6.09 Å². The Bertz CT molecular complexity index is 845. The van der Waals surface area contributed by atoms with Crippen molar-refractivity contribution < 1.29 is 18.7 Å². The van der Waals surface area contributed by atoms with Crippen LogP contribution < -0.4 is 5.32 Å². The molecule has 0 saturated carbocycles. The highest BCUT2D eigenvalue weighted by atomic mass is 16.6. The van der Waals surface area contributed by atoms with Gasteiger partial charge >= 0.3 is 6.09 Å². The SMILES string of the molecule is CC1=C[C@H](C)[C@]2(COC(=O)Nc3ccccc3)CO[C@H](c3ccco3)[C@@H]1[C@H]2C. The minimum atomic E-state index is -0.434. The van der Waals surface area contributed by atoms with Gasteiger partial charge in [-0.25, -0.2) is 4.79 Å². The fourth-order valence-corrected chi connectivity index (χ4v) is 4.84. The Hall–Kier alpha value is -2.53. The average Bonchev–Trinajstić information content (AvgIpc) is 3.21. The monoisotopic (exact) mass is 381 g/mol. The number of nitrogens with one attached hydrogen (secondary N) is 1. The molecule has 5 atom stereocenters. The number of para-hydroxylation sites is 1. The second-order valence-corrected chi connectivity index (χ2v) is 8.06. The highest BCUT2D eigenvalue weighted by molar-refractivity contribution is 5.84. The van der Waals surface area contributed by atoms with E-state index in [9.17, 15) is 4.79 Å². The van der Waals surface area contributed by atoms with Gasteiger partial charge in [0.2, 0.25) is 0 Å². The molecule has 1 N–H and O–H groups in total. The summed E-state index contributed by atoms with van der Waals surface area (Å²) in [5.74, 6) is 1.61. The number of benzene rings is 1. The molecule has 0 unspecified atom stereocenters. The fourth-order valence-electron chi connectivity index (χ4n) is 4.84. The van der Waals surface area contributed by atoms with E-state index in [0.717, 1.165) is 11.4 Å². The van der Waals surface area contributed by atoms with Gasteiger partial charge in [-0.1, -0.05) is 43.7 Å². The maximum absolute atomic E-state index is 12.3. The van der Waals surface area contributed by atoms with Crippen molar-refractivity contribution in [2.45, 2.75) is 26.9 Å². The van der Waals surface area contributed by atoms with Crippen molar-refractivity contribution in [2.75, 3.05) is 18.5 Å². The summed E-state index contributed by atoms with van der Waals surface area (Å²) in [6, 6.07) is 13.2. The topological polar surface area (TPSA) is 60.7 Å². The summed E-state index contributed by atoms with van der Waals surface area (Å²) in [6.07, 6.45) is 3.46. The molecule has 5 heteroatoms. The van der Waals surface area contributed by atoms with Crippen molar-refractivity contribution in [1.29, 1.82) is 0 Å². The molecule has 148 valence electrons. The quantitative estimate of drug-likeness (QED) is 0.717. The third-order valence-electron chi connectivity index (χ3n) is 6.56. The molecule has 1 aliphatic heterocycles. The largest absolute Gasteiger partial charge is 0.467 e. The van der Waals surface area contributed by atoms with E-state index in [1.54, 1.807) is 6.26 Å². The Kier molecular flexibility index (Phi) is 5.02. The molecule has 1 aromatic carbocycles. The number of ether oxygens (including phenoxy) is 2. The van der Waals surface area contributed by atoms with Crippen molar-refractivity contribution in [3.8, 4) is 0 Å². The summed E-state index contributed by atoms with van der Waals surface area (Å²) in [4.78, 5) is 12.3. The first-order chi connectivity index (χ1) is 13.5. The predicted octanol–water partition coefficient (Wildman–Crippen LogP) is 5.43. The number of rotatable bonds is 4. The second kappa shape index (κ2) is 7.47. The van der Waals surface area contributed by atoms with E-state index in [0.29, 0.717) is 19.1 Å². The van der Waals surface area contributed by atoms with Crippen LogP contribution in [0.1, 0.15) is 32.6 Å². The van der Waals surface area contributed by atoms with Gasteiger partial charge in [0.05, 0.1) is 12.9 Å². The molecule has 1 fully saturated rings. The van der Waals surface area contributed by atoms with E-state index >= 15 is 0 Å². The first-order valence-corrected chi connectivity index (χ1v) is 9.83. The van der Waals surface area contributed by atoms with Gasteiger partial charge in [-0.3, -0.25) is 5.32 Å². The van der Waals surface area contributed by atoms with Crippen LogP contribution in [-0.4, -0.2) is 19.3 Å². The minimum absolute atomic E-state index is 0.0972. The molecule has 1 aliphatic carbocycles. The molecule has 2 heterocycles. The van der Waals surface area contributed by atoms with Crippen LogP contribution >= 0.6 is 0 Å². The van der Waals surface area contributed by atoms with E-state index in [1.807, 2.05) is 42.5 Å². The molecule has 4 rings (SSSR count). The summed E-state index contributed by atoms with van der Waals surface area (Å²) >= 11 is 0. The number of amides is 1. The van der Waals surface area contributed by atoms with Crippen molar-refractivity contribution >= 4 is 11.8 Å². The van der Waals surface area contributed by atoms with Crippen LogP contribution in [0.5, 0.6) is 0 Å². The highest BCUT2D eigenvalue weighted by Crippen LogP contribution is 2.56. The third kappa shape index (κ3) is 3.24. The van der Waals surface area contributed by atoms with Gasteiger partial charge in [0, 0.05) is 17.0 Å². The van der Waals surface area contributed by atoms with Crippen LogP contribution in [0.15, 0.2) is 64.8 Å². The van der Waals surface area contributed by atoms with Gasteiger partial charge in [-0.05, 0) is 43.0 Å². The zero-order valence-corrected chi connectivity index (χ0v) is 16.6. The lowest BCUT2D eigenvalue weighted by atomic mass is 9.56. The molecule has 0 radical (unpaired) electrons. The van der Waals surface area contributed by atoms with E-state index in [-0.39, 0.29) is 23.4 Å². The molecule has 1 aromatic heterocycles. The molecule has 2 bridgehead atoms. The zero-order valence-electron chi connectivity index (χ0n) is 16.6. The molecule has 2 aromatic rings. The van der Waals surface area contributed by atoms with E-state index in [4.69, 9.17) is 13.9 Å². The van der Waals surface area contributed by atoms with E-state index in [1.165, 1.54) is 5.57 Å². The molecule has 5 nitrogen and oxygen atoms in total. The summed E-state index contributed by atoms with van der Waals surface area (Å²) in [5, 5.41) is 2.79. The van der Waals surface area contributed by atoms with Crippen molar-refractivity contribution in [3.63, 3.8) is 0 Å². The van der Waals surface area contributed by atoms with Crippen LogP contribution in [0.2, 0.25) is 0 Å². The van der Waals surface area contributed by atoms with Gasteiger partial charge in [0.1, 0.15) is 18.5 Å². The van der Waals surface area contributed by atoms with E-state index in [2.05, 4.69) is 32.2 Å². The molecule has 0 spiro atoms. The smallest absolute Gasteiger partial charge is 0.411 e. The lowest BCUT2D eigenvalue weighted by Gasteiger charge is -2.54. The molecule has 28 heavy (non-hydrogen) atoms. The average molecular weight is 381 g/mol. The lowest BCUT2D eigenvalue weighted by molar-refractivity contribution is -0.169. The van der Waals surface area contributed by atoms with Gasteiger partial charge in [-0.2, -0.15) is 0 Å².